The van der Waals surface area contributed by atoms with Crippen LogP contribution in [0.2, 0.25) is 0 Å². The summed E-state index contributed by atoms with van der Waals surface area (Å²) in [6.45, 7) is 2.41. The van der Waals surface area contributed by atoms with Gasteiger partial charge < -0.3 is 14.7 Å². The predicted molar refractivity (Wildman–Crippen MR) is 147 cm³/mol. The highest BCUT2D eigenvalue weighted by Crippen LogP contribution is 2.48. The summed E-state index contributed by atoms with van der Waals surface area (Å²) in [7, 11) is 0. The quantitative estimate of drug-likeness (QED) is 0.333. The van der Waals surface area contributed by atoms with Gasteiger partial charge >= 0.3 is 0 Å². The van der Waals surface area contributed by atoms with Crippen LogP contribution in [0.3, 0.4) is 0 Å². The van der Waals surface area contributed by atoms with Gasteiger partial charge in [-0.1, -0.05) is 37.1 Å². The molecule has 9 heteroatoms. The molecule has 2 fully saturated rings. The second-order valence-electron chi connectivity index (χ2n) is 10.3. The molecule has 2 atom stereocenters. The second-order valence-corrected chi connectivity index (χ2v) is 11.2. The molecular weight excluding hydrogens is 500 g/mol. The first-order valence-corrected chi connectivity index (χ1v) is 14.1. The highest BCUT2D eigenvalue weighted by atomic mass is 32.1. The standard InChI is InChI=1S/C29H30N4O4S/c34-28-24-9-4-3-8-23(24)26(27(25-10-5-19-38-25)32(28)21-6-1-2-7-21)29(35)31-17-15-30(16-18-31)20-11-13-22(14-12-20)33(36)37/h3-5,8-14,19,21,26-27H,1-2,6-7,15-18H2. The van der Waals surface area contributed by atoms with Crippen molar-refractivity contribution < 1.29 is 14.5 Å². The maximum absolute atomic E-state index is 14.4. The number of fused-ring (bicyclic) bond motifs is 1. The Labute approximate surface area is 225 Å². The average Bonchev–Trinajstić information content (AvgIpc) is 3.68. The van der Waals surface area contributed by atoms with Crippen LogP contribution in [0.4, 0.5) is 11.4 Å². The lowest BCUT2D eigenvalue weighted by Gasteiger charge is -2.46. The molecule has 0 bridgehead atoms. The minimum atomic E-state index is -0.450. The Morgan fingerprint density at radius 1 is 0.921 bits per heavy atom. The molecule has 196 valence electrons. The maximum Gasteiger partial charge on any atom is 0.269 e. The number of carbonyl (C=O) groups excluding carboxylic acids is 2. The normalized spacial score (nSPS) is 22.0. The third-order valence-corrected chi connectivity index (χ3v) is 9.15. The highest BCUT2D eigenvalue weighted by Gasteiger charge is 2.48. The highest BCUT2D eigenvalue weighted by molar-refractivity contribution is 7.10. The lowest BCUT2D eigenvalue weighted by molar-refractivity contribution is -0.384. The number of rotatable bonds is 5. The number of non-ortho nitro benzene ring substituents is 1. The van der Waals surface area contributed by atoms with E-state index < -0.39 is 10.8 Å². The van der Waals surface area contributed by atoms with E-state index in [1.54, 1.807) is 23.5 Å². The lowest BCUT2D eigenvalue weighted by Crippen LogP contribution is -2.54. The fourth-order valence-corrected chi connectivity index (χ4v) is 7.19. The summed E-state index contributed by atoms with van der Waals surface area (Å²) >= 11 is 1.62. The molecule has 3 aromatic rings. The first-order valence-electron chi connectivity index (χ1n) is 13.3. The maximum atomic E-state index is 14.4. The molecule has 38 heavy (non-hydrogen) atoms. The Balaban J connectivity index is 1.29. The average molecular weight is 531 g/mol. The van der Waals surface area contributed by atoms with Crippen molar-refractivity contribution in [2.75, 3.05) is 31.1 Å². The monoisotopic (exact) mass is 530 g/mol. The zero-order valence-electron chi connectivity index (χ0n) is 21.1. The van der Waals surface area contributed by atoms with E-state index in [4.69, 9.17) is 0 Å². The van der Waals surface area contributed by atoms with Crippen molar-refractivity contribution in [1.29, 1.82) is 0 Å². The molecule has 8 nitrogen and oxygen atoms in total. The Kier molecular flexibility index (Phi) is 6.61. The largest absolute Gasteiger partial charge is 0.368 e. The number of nitro groups is 1. The summed E-state index contributed by atoms with van der Waals surface area (Å²) in [5.74, 6) is -0.346. The number of piperazine rings is 1. The summed E-state index contributed by atoms with van der Waals surface area (Å²) in [4.78, 5) is 46.0. The summed E-state index contributed by atoms with van der Waals surface area (Å²) in [5, 5.41) is 13.0. The van der Waals surface area contributed by atoms with Crippen LogP contribution >= 0.6 is 11.3 Å². The number of nitro benzene ring substituents is 1. The molecule has 1 aromatic heterocycles. The third kappa shape index (κ3) is 4.34. The van der Waals surface area contributed by atoms with E-state index in [9.17, 15) is 19.7 Å². The number of hydrogen-bond acceptors (Lipinski definition) is 6. The van der Waals surface area contributed by atoms with Gasteiger partial charge in [0.05, 0.1) is 16.9 Å². The van der Waals surface area contributed by atoms with Gasteiger partial charge in [-0.05, 0) is 48.1 Å². The Bertz CT molecular complexity index is 1330. The van der Waals surface area contributed by atoms with Crippen LogP contribution < -0.4 is 4.90 Å². The van der Waals surface area contributed by atoms with Gasteiger partial charge in [0, 0.05) is 60.5 Å². The molecule has 1 saturated heterocycles. The first kappa shape index (κ1) is 24.6. The predicted octanol–water partition coefficient (Wildman–Crippen LogP) is 5.23. The third-order valence-electron chi connectivity index (χ3n) is 8.21. The molecular formula is C29H30N4O4S. The van der Waals surface area contributed by atoms with E-state index in [0.29, 0.717) is 31.7 Å². The zero-order chi connectivity index (χ0) is 26.2. The van der Waals surface area contributed by atoms with Crippen LogP contribution in [0.15, 0.2) is 66.0 Å². The van der Waals surface area contributed by atoms with Gasteiger partial charge in [0.25, 0.3) is 11.6 Å². The molecule has 2 aliphatic heterocycles. The number of nitrogens with zero attached hydrogens (tertiary/aromatic N) is 4. The van der Waals surface area contributed by atoms with Crippen LogP contribution in [-0.4, -0.2) is 58.8 Å². The molecule has 3 heterocycles. The molecule has 6 rings (SSSR count). The fourth-order valence-electron chi connectivity index (χ4n) is 6.33. The molecule has 2 unspecified atom stereocenters. The van der Waals surface area contributed by atoms with E-state index >= 15 is 0 Å². The Morgan fingerprint density at radius 2 is 1.63 bits per heavy atom. The van der Waals surface area contributed by atoms with Crippen molar-refractivity contribution in [2.45, 2.75) is 43.7 Å². The van der Waals surface area contributed by atoms with Gasteiger partial charge in [0.2, 0.25) is 5.91 Å². The van der Waals surface area contributed by atoms with Crippen LogP contribution in [-0.2, 0) is 4.79 Å². The summed E-state index contributed by atoms with van der Waals surface area (Å²) in [6.07, 6.45) is 4.17. The second kappa shape index (κ2) is 10.2. The van der Waals surface area contributed by atoms with Crippen molar-refractivity contribution >= 4 is 34.5 Å². The van der Waals surface area contributed by atoms with E-state index in [2.05, 4.69) is 11.0 Å². The fraction of sp³-hybridized carbons (Fsp3) is 0.379. The minimum absolute atomic E-state index is 0.0398. The van der Waals surface area contributed by atoms with Crippen molar-refractivity contribution in [3.05, 3.63) is 92.2 Å². The van der Waals surface area contributed by atoms with Crippen LogP contribution in [0.5, 0.6) is 0 Å². The van der Waals surface area contributed by atoms with Crippen molar-refractivity contribution in [2.24, 2.45) is 0 Å². The van der Waals surface area contributed by atoms with Gasteiger partial charge in [-0.3, -0.25) is 19.7 Å². The van der Waals surface area contributed by atoms with Crippen LogP contribution in [0.1, 0.15) is 58.4 Å². The van der Waals surface area contributed by atoms with Crippen molar-refractivity contribution in [3.8, 4) is 0 Å². The summed E-state index contributed by atoms with van der Waals surface area (Å²) < 4.78 is 0. The van der Waals surface area contributed by atoms with E-state index in [1.165, 1.54) is 12.1 Å². The molecule has 2 aromatic carbocycles. The Morgan fingerprint density at radius 3 is 2.29 bits per heavy atom. The van der Waals surface area contributed by atoms with Crippen LogP contribution in [0.25, 0.3) is 0 Å². The topological polar surface area (TPSA) is 87.0 Å². The Hall–Kier alpha value is -3.72. The first-order chi connectivity index (χ1) is 18.5. The minimum Gasteiger partial charge on any atom is -0.368 e. The van der Waals surface area contributed by atoms with E-state index in [0.717, 1.165) is 41.8 Å². The molecule has 2 amide bonds. The SMILES string of the molecule is O=C(C1c2ccccc2C(=O)N(C2CCCC2)C1c1cccs1)N1CCN(c2ccc([N+](=O)[O-])cc2)CC1. The summed E-state index contributed by atoms with van der Waals surface area (Å²) in [5.41, 5.74) is 2.46. The van der Waals surface area contributed by atoms with Gasteiger partial charge in [0.15, 0.2) is 0 Å². The lowest BCUT2D eigenvalue weighted by atomic mass is 9.80. The number of benzene rings is 2. The molecule has 1 saturated carbocycles. The van der Waals surface area contributed by atoms with Gasteiger partial charge in [0.1, 0.15) is 0 Å². The molecule has 1 aliphatic carbocycles. The van der Waals surface area contributed by atoms with E-state index in [-0.39, 0.29) is 29.6 Å². The smallest absolute Gasteiger partial charge is 0.269 e. The van der Waals surface area contributed by atoms with Crippen molar-refractivity contribution in [3.63, 3.8) is 0 Å². The molecule has 0 radical (unpaired) electrons. The molecule has 0 spiro atoms. The molecule has 0 N–H and O–H groups in total. The number of thiophene rings is 1. The zero-order valence-corrected chi connectivity index (χ0v) is 21.9. The van der Waals surface area contributed by atoms with E-state index in [1.807, 2.05) is 45.5 Å². The van der Waals surface area contributed by atoms with Crippen LogP contribution in [0, 0.1) is 10.1 Å². The summed E-state index contributed by atoms with van der Waals surface area (Å²) in [6, 6.07) is 18.1. The number of anilines is 1. The number of carbonyl (C=O) groups is 2. The number of hydrogen-bond donors (Lipinski definition) is 0. The molecule has 3 aliphatic rings. The number of amides is 2. The van der Waals surface area contributed by atoms with Gasteiger partial charge in [-0.15, -0.1) is 11.3 Å². The van der Waals surface area contributed by atoms with Crippen molar-refractivity contribution in [1.82, 2.24) is 9.80 Å². The van der Waals surface area contributed by atoms with Gasteiger partial charge in [-0.2, -0.15) is 0 Å². The van der Waals surface area contributed by atoms with Gasteiger partial charge in [-0.25, -0.2) is 0 Å².